The summed E-state index contributed by atoms with van der Waals surface area (Å²) in [6.45, 7) is 0. The number of aromatic amines is 1. The lowest BCUT2D eigenvalue weighted by Gasteiger charge is -2.11. The molecule has 3 rings (SSSR count). The van der Waals surface area contributed by atoms with Crippen LogP contribution in [0.15, 0.2) is 35.9 Å². The first-order chi connectivity index (χ1) is 7.36. The van der Waals surface area contributed by atoms with Gasteiger partial charge in [-0.2, -0.15) is 9.98 Å². The maximum Gasteiger partial charge on any atom is 0.371 e. The Morgan fingerprint density at radius 3 is 3.20 bits per heavy atom. The van der Waals surface area contributed by atoms with Gasteiger partial charge in [0.15, 0.2) is 11.9 Å². The van der Waals surface area contributed by atoms with Gasteiger partial charge in [-0.25, -0.2) is 0 Å². The standard InChI is InChI=1S/C9H7N5O/c15-8-6-7(12-5-11-6)14-4-2-1-3-10-9(14)13-8/h1-5H,(H,11,12)(H,10,13,15)/q+1. The minimum atomic E-state index is -0.221. The molecule has 15 heavy (non-hydrogen) atoms. The van der Waals surface area contributed by atoms with Crippen molar-refractivity contribution in [3.05, 3.63) is 36.6 Å². The van der Waals surface area contributed by atoms with E-state index in [4.69, 9.17) is 0 Å². The average Bonchev–Trinajstić information content (AvgIpc) is 2.60. The van der Waals surface area contributed by atoms with E-state index >= 15 is 0 Å². The van der Waals surface area contributed by atoms with Crippen LogP contribution in [-0.4, -0.2) is 21.8 Å². The lowest BCUT2D eigenvalue weighted by atomic mass is 10.3. The molecule has 1 aromatic rings. The minimum Gasteiger partial charge on any atom is -0.335 e. The van der Waals surface area contributed by atoms with Gasteiger partial charge in [0.25, 0.3) is 5.91 Å². The molecule has 2 aliphatic rings. The normalized spacial score (nSPS) is 18.9. The average molecular weight is 201 g/mol. The smallest absolute Gasteiger partial charge is 0.335 e. The van der Waals surface area contributed by atoms with Crippen LogP contribution in [0, 0.1) is 0 Å². The van der Waals surface area contributed by atoms with E-state index in [1.165, 1.54) is 6.33 Å². The second kappa shape index (κ2) is 2.89. The molecular formula is C9H7N5O+. The summed E-state index contributed by atoms with van der Waals surface area (Å²) >= 11 is 0. The SMILES string of the molecule is O=C1NC2=NC=CC=C[N+]2c2nc[nH]c21. The number of hydrogen-bond acceptors (Lipinski definition) is 4. The lowest BCUT2D eigenvalue weighted by molar-refractivity contribution is 0.0967. The van der Waals surface area contributed by atoms with E-state index in [9.17, 15) is 4.79 Å². The van der Waals surface area contributed by atoms with Crippen molar-refractivity contribution in [2.45, 2.75) is 0 Å². The van der Waals surface area contributed by atoms with Crippen LogP contribution in [0.5, 0.6) is 0 Å². The number of guanidine groups is 1. The van der Waals surface area contributed by atoms with Crippen molar-refractivity contribution in [3.63, 3.8) is 0 Å². The van der Waals surface area contributed by atoms with Gasteiger partial charge in [0.2, 0.25) is 0 Å². The Morgan fingerprint density at radius 1 is 1.33 bits per heavy atom. The molecule has 0 aliphatic carbocycles. The molecular weight excluding hydrogens is 194 g/mol. The number of carbonyl (C=O) groups excluding carboxylic acids is 1. The van der Waals surface area contributed by atoms with Gasteiger partial charge in [-0.05, 0) is 17.1 Å². The summed E-state index contributed by atoms with van der Waals surface area (Å²) in [7, 11) is 0. The molecule has 0 aromatic carbocycles. The zero-order chi connectivity index (χ0) is 10.3. The van der Waals surface area contributed by atoms with E-state index in [0.29, 0.717) is 17.5 Å². The lowest BCUT2D eigenvalue weighted by Crippen LogP contribution is -2.47. The summed E-state index contributed by atoms with van der Waals surface area (Å²) in [5.74, 6) is 0.809. The van der Waals surface area contributed by atoms with Gasteiger partial charge in [0.05, 0.1) is 6.33 Å². The highest BCUT2D eigenvalue weighted by atomic mass is 16.2. The number of imidazole rings is 1. The first-order valence-electron chi connectivity index (χ1n) is 4.41. The third-order valence-corrected chi connectivity index (χ3v) is 2.16. The summed E-state index contributed by atoms with van der Waals surface area (Å²) < 4.78 is 0. The van der Waals surface area contributed by atoms with Crippen molar-refractivity contribution in [1.82, 2.24) is 20.2 Å². The number of fused-ring (bicyclic) bond motifs is 3. The van der Waals surface area contributed by atoms with E-state index < -0.39 is 0 Å². The summed E-state index contributed by atoms with van der Waals surface area (Å²) in [5, 5.41) is 2.66. The van der Waals surface area contributed by atoms with Crippen LogP contribution < -0.4 is 10.2 Å². The Balaban J connectivity index is 2.19. The highest BCUT2D eigenvalue weighted by Crippen LogP contribution is 2.20. The number of allylic oxidation sites excluding steroid dienone is 2. The Labute approximate surface area is 85.0 Å². The van der Waals surface area contributed by atoms with E-state index in [2.05, 4.69) is 20.3 Å². The topological polar surface area (TPSA) is 76.0 Å². The van der Waals surface area contributed by atoms with Crippen LogP contribution in [0.1, 0.15) is 10.5 Å². The molecule has 1 aromatic heterocycles. The molecule has 0 saturated heterocycles. The largest absolute Gasteiger partial charge is 0.371 e. The fraction of sp³-hybridized carbons (Fsp3) is 0. The first kappa shape index (κ1) is 8.13. The molecule has 0 bridgehead atoms. The third-order valence-electron chi connectivity index (χ3n) is 2.16. The number of aromatic nitrogens is 2. The van der Waals surface area contributed by atoms with E-state index in [-0.39, 0.29) is 5.91 Å². The monoisotopic (exact) mass is 201 g/mol. The number of anilines is 1. The van der Waals surface area contributed by atoms with Crippen LogP contribution in [0.25, 0.3) is 0 Å². The molecule has 0 unspecified atom stereocenters. The second-order valence-corrected chi connectivity index (χ2v) is 3.06. The molecule has 0 fully saturated rings. The van der Waals surface area contributed by atoms with Crippen molar-refractivity contribution < 1.29 is 4.79 Å². The molecule has 0 spiro atoms. The maximum absolute atomic E-state index is 11.6. The van der Waals surface area contributed by atoms with Crippen LogP contribution >= 0.6 is 0 Å². The van der Waals surface area contributed by atoms with Gasteiger partial charge in [-0.15, -0.1) is 0 Å². The molecule has 1 amide bonds. The quantitative estimate of drug-likeness (QED) is 0.593. The zero-order valence-corrected chi connectivity index (χ0v) is 7.64. The van der Waals surface area contributed by atoms with Crippen LogP contribution in [0.4, 0.5) is 5.82 Å². The van der Waals surface area contributed by atoms with E-state index in [0.717, 1.165) is 0 Å². The number of amides is 1. The summed E-state index contributed by atoms with van der Waals surface area (Å²) in [6, 6.07) is 0. The van der Waals surface area contributed by atoms with E-state index in [1.54, 1.807) is 23.4 Å². The van der Waals surface area contributed by atoms with Gasteiger partial charge < -0.3 is 4.98 Å². The van der Waals surface area contributed by atoms with Gasteiger partial charge in [-0.1, -0.05) is 0 Å². The predicted molar refractivity (Wildman–Crippen MR) is 53.6 cm³/mol. The van der Waals surface area contributed by atoms with Crippen molar-refractivity contribution in [3.8, 4) is 0 Å². The van der Waals surface area contributed by atoms with Crippen LogP contribution in [0.2, 0.25) is 0 Å². The highest BCUT2D eigenvalue weighted by Gasteiger charge is 2.40. The maximum atomic E-state index is 11.6. The molecule has 73 valence electrons. The van der Waals surface area contributed by atoms with Crippen molar-refractivity contribution in [2.75, 3.05) is 0 Å². The molecule has 3 heterocycles. The van der Waals surface area contributed by atoms with Gasteiger partial charge in [-0.3, -0.25) is 10.1 Å². The zero-order valence-electron chi connectivity index (χ0n) is 7.64. The predicted octanol–water partition coefficient (Wildman–Crippen LogP) is 0.322. The molecule has 6 nitrogen and oxygen atoms in total. The van der Waals surface area contributed by atoms with Crippen LogP contribution in [-0.2, 0) is 0 Å². The molecule has 0 atom stereocenters. The fourth-order valence-corrected chi connectivity index (χ4v) is 1.50. The number of H-pyrrole nitrogens is 1. The van der Waals surface area contributed by atoms with Gasteiger partial charge >= 0.3 is 11.8 Å². The highest BCUT2D eigenvalue weighted by molar-refractivity contribution is 6.13. The van der Waals surface area contributed by atoms with Crippen molar-refractivity contribution >= 4 is 17.7 Å². The number of nitrogens with one attached hydrogen (secondary N) is 2. The number of carbonyl (C=O) groups is 1. The number of aliphatic imine (C=N–C) groups is 1. The van der Waals surface area contributed by atoms with Crippen LogP contribution in [0.3, 0.4) is 0 Å². The number of rotatable bonds is 0. The van der Waals surface area contributed by atoms with Crippen molar-refractivity contribution in [2.24, 2.45) is 4.99 Å². The van der Waals surface area contributed by atoms with Gasteiger partial charge in [0.1, 0.15) is 0 Å². The second-order valence-electron chi connectivity index (χ2n) is 3.06. The van der Waals surface area contributed by atoms with Gasteiger partial charge in [0, 0.05) is 6.20 Å². The Kier molecular flexibility index (Phi) is 1.57. The molecule has 6 heteroatoms. The Morgan fingerprint density at radius 2 is 2.27 bits per heavy atom. The third kappa shape index (κ3) is 1.12. The molecule has 2 aliphatic heterocycles. The van der Waals surface area contributed by atoms with E-state index in [1.807, 2.05) is 6.08 Å². The summed E-state index contributed by atoms with van der Waals surface area (Å²) in [6.07, 6.45) is 8.50. The van der Waals surface area contributed by atoms with Crippen molar-refractivity contribution in [1.29, 1.82) is 0 Å². The Hall–Kier alpha value is -2.21. The fourth-order valence-electron chi connectivity index (χ4n) is 1.50. The summed E-state index contributed by atoms with van der Waals surface area (Å²) in [4.78, 5) is 24.2. The number of hydrogen-bond donors (Lipinski definition) is 2. The first-order valence-corrected chi connectivity index (χ1v) is 4.41. The minimum absolute atomic E-state index is 0.221. The Bertz CT molecular complexity index is 510. The molecule has 1 radical (unpaired) electrons. The number of nitrogens with zero attached hydrogens (tertiary/aromatic N) is 3. The molecule has 0 saturated carbocycles. The molecule has 2 N–H and O–H groups in total. The summed E-state index contributed by atoms with van der Waals surface area (Å²) in [5.41, 5.74) is 0.445.